The minimum atomic E-state index is -0.209. The number of piperidine rings is 1. The molecule has 0 radical (unpaired) electrons. The molecule has 2 nitrogen and oxygen atoms in total. The van der Waals surface area contributed by atoms with E-state index >= 15 is 0 Å². The van der Waals surface area contributed by atoms with Crippen molar-refractivity contribution in [2.75, 3.05) is 13.1 Å². The van der Waals surface area contributed by atoms with Crippen LogP contribution >= 0.6 is 15.9 Å². The fourth-order valence-corrected chi connectivity index (χ4v) is 2.94. The van der Waals surface area contributed by atoms with Crippen LogP contribution in [-0.4, -0.2) is 24.0 Å². The van der Waals surface area contributed by atoms with Gasteiger partial charge in [-0.1, -0.05) is 19.9 Å². The first-order valence-corrected chi connectivity index (χ1v) is 7.10. The van der Waals surface area contributed by atoms with Crippen molar-refractivity contribution < 1.29 is 4.39 Å². The van der Waals surface area contributed by atoms with Crippen molar-refractivity contribution >= 4 is 15.9 Å². The Morgan fingerprint density at radius 2 is 2.22 bits per heavy atom. The van der Waals surface area contributed by atoms with Crippen molar-refractivity contribution in [1.29, 1.82) is 0 Å². The maximum atomic E-state index is 13.2. The third-order valence-electron chi connectivity index (χ3n) is 3.78. The normalized spacial score (nSPS) is 24.2. The summed E-state index contributed by atoms with van der Waals surface area (Å²) in [7, 11) is 0. The highest BCUT2D eigenvalue weighted by molar-refractivity contribution is 9.10. The van der Waals surface area contributed by atoms with Crippen LogP contribution < -0.4 is 5.73 Å². The molecule has 1 aliphatic heterocycles. The molecule has 1 aliphatic rings. The van der Waals surface area contributed by atoms with E-state index in [2.05, 4.69) is 34.7 Å². The molecule has 0 saturated carbocycles. The van der Waals surface area contributed by atoms with Crippen molar-refractivity contribution in [3.63, 3.8) is 0 Å². The zero-order chi connectivity index (χ0) is 13.3. The Morgan fingerprint density at radius 1 is 1.50 bits per heavy atom. The van der Waals surface area contributed by atoms with Gasteiger partial charge in [-0.05, 0) is 45.5 Å². The van der Waals surface area contributed by atoms with Gasteiger partial charge >= 0.3 is 0 Å². The molecule has 2 rings (SSSR count). The second kappa shape index (κ2) is 5.27. The number of benzene rings is 1. The molecule has 4 heteroatoms. The number of nitrogens with two attached hydrogens (primary N) is 1. The molecule has 0 spiro atoms. The first-order chi connectivity index (χ1) is 8.38. The van der Waals surface area contributed by atoms with Gasteiger partial charge in [0.15, 0.2) is 0 Å². The molecule has 1 saturated heterocycles. The molecule has 0 aliphatic carbocycles. The number of likely N-dealkylation sites (tertiary alicyclic amines) is 1. The summed E-state index contributed by atoms with van der Waals surface area (Å²) in [4.78, 5) is 2.39. The van der Waals surface area contributed by atoms with E-state index in [0.717, 1.165) is 31.6 Å². The van der Waals surface area contributed by atoms with E-state index < -0.39 is 0 Å². The number of rotatable bonds is 2. The standard InChI is InChI=1S/C14H20BrFN2/c1-14(2)9-18(6-5-13(14)17)8-10-3-4-12(16)11(15)7-10/h3-4,7,13H,5-6,8-9,17H2,1-2H3. The van der Waals surface area contributed by atoms with Gasteiger partial charge in [0, 0.05) is 25.7 Å². The molecule has 18 heavy (non-hydrogen) atoms. The molecular weight excluding hydrogens is 295 g/mol. The predicted molar refractivity (Wildman–Crippen MR) is 75.8 cm³/mol. The summed E-state index contributed by atoms with van der Waals surface area (Å²) in [5.74, 6) is -0.209. The van der Waals surface area contributed by atoms with E-state index in [-0.39, 0.29) is 17.3 Å². The topological polar surface area (TPSA) is 29.3 Å². The fourth-order valence-electron chi connectivity index (χ4n) is 2.52. The number of halogens is 2. The SMILES string of the molecule is CC1(C)CN(Cc2ccc(F)c(Br)c2)CCC1N. The van der Waals surface area contributed by atoms with Crippen LogP contribution in [0.25, 0.3) is 0 Å². The van der Waals surface area contributed by atoms with Gasteiger partial charge in [0.25, 0.3) is 0 Å². The van der Waals surface area contributed by atoms with Gasteiger partial charge in [-0.2, -0.15) is 0 Å². The summed E-state index contributed by atoms with van der Waals surface area (Å²) in [6.07, 6.45) is 1.02. The second-order valence-corrected chi connectivity index (χ2v) is 6.70. The van der Waals surface area contributed by atoms with Crippen molar-refractivity contribution in [3.8, 4) is 0 Å². The Morgan fingerprint density at radius 3 is 2.83 bits per heavy atom. The van der Waals surface area contributed by atoms with E-state index in [4.69, 9.17) is 5.73 Å². The Bertz CT molecular complexity index is 434. The lowest BCUT2D eigenvalue weighted by Gasteiger charge is -2.42. The maximum Gasteiger partial charge on any atom is 0.137 e. The van der Waals surface area contributed by atoms with Crippen LogP contribution in [0.1, 0.15) is 25.8 Å². The molecule has 2 N–H and O–H groups in total. The summed E-state index contributed by atoms with van der Waals surface area (Å²) in [5, 5.41) is 0. The van der Waals surface area contributed by atoms with Crippen LogP contribution in [-0.2, 0) is 6.54 Å². The highest BCUT2D eigenvalue weighted by Gasteiger charge is 2.33. The molecule has 1 unspecified atom stereocenters. The van der Waals surface area contributed by atoms with Gasteiger partial charge < -0.3 is 5.73 Å². The maximum absolute atomic E-state index is 13.2. The van der Waals surface area contributed by atoms with E-state index in [1.807, 2.05) is 12.1 Å². The second-order valence-electron chi connectivity index (χ2n) is 5.84. The van der Waals surface area contributed by atoms with Gasteiger partial charge in [-0.15, -0.1) is 0 Å². The first kappa shape index (κ1) is 14.0. The zero-order valence-corrected chi connectivity index (χ0v) is 12.5. The van der Waals surface area contributed by atoms with Gasteiger partial charge in [0.1, 0.15) is 5.82 Å². The molecule has 100 valence electrons. The molecule has 1 atom stereocenters. The summed E-state index contributed by atoms with van der Waals surface area (Å²) in [6.45, 7) is 7.28. The number of hydrogen-bond donors (Lipinski definition) is 1. The smallest absolute Gasteiger partial charge is 0.137 e. The summed E-state index contributed by atoms with van der Waals surface area (Å²) >= 11 is 3.23. The van der Waals surface area contributed by atoms with Crippen molar-refractivity contribution in [3.05, 3.63) is 34.1 Å². The van der Waals surface area contributed by atoms with Crippen LogP contribution in [0.3, 0.4) is 0 Å². The molecule has 1 fully saturated rings. The molecule has 0 aromatic heterocycles. The van der Waals surface area contributed by atoms with Crippen LogP contribution in [0.15, 0.2) is 22.7 Å². The van der Waals surface area contributed by atoms with Crippen LogP contribution in [0.4, 0.5) is 4.39 Å². The molecular formula is C14H20BrFN2. The quantitative estimate of drug-likeness (QED) is 0.908. The third kappa shape index (κ3) is 3.11. The average Bonchev–Trinajstić information content (AvgIpc) is 2.28. The summed E-state index contributed by atoms with van der Waals surface area (Å²) < 4.78 is 13.7. The average molecular weight is 315 g/mol. The van der Waals surface area contributed by atoms with Gasteiger partial charge in [-0.25, -0.2) is 4.39 Å². The van der Waals surface area contributed by atoms with E-state index in [0.29, 0.717) is 4.47 Å². The summed E-state index contributed by atoms with van der Waals surface area (Å²) in [5.41, 5.74) is 7.41. The minimum Gasteiger partial charge on any atom is -0.327 e. The van der Waals surface area contributed by atoms with Crippen LogP contribution in [0, 0.1) is 11.2 Å². The lowest BCUT2D eigenvalue weighted by molar-refractivity contribution is 0.0898. The monoisotopic (exact) mass is 314 g/mol. The molecule has 0 amide bonds. The van der Waals surface area contributed by atoms with Gasteiger partial charge in [-0.3, -0.25) is 4.90 Å². The first-order valence-electron chi connectivity index (χ1n) is 6.30. The molecule has 1 heterocycles. The Hall–Kier alpha value is -0.450. The lowest BCUT2D eigenvalue weighted by atomic mass is 9.79. The summed E-state index contributed by atoms with van der Waals surface area (Å²) in [6, 6.07) is 5.49. The van der Waals surface area contributed by atoms with Crippen molar-refractivity contribution in [2.24, 2.45) is 11.1 Å². The predicted octanol–water partition coefficient (Wildman–Crippen LogP) is 3.15. The molecule has 1 aromatic carbocycles. The Balaban J connectivity index is 2.04. The number of hydrogen-bond acceptors (Lipinski definition) is 2. The lowest BCUT2D eigenvalue weighted by Crippen LogP contribution is -2.52. The number of nitrogens with zero attached hydrogens (tertiary/aromatic N) is 1. The van der Waals surface area contributed by atoms with Gasteiger partial charge in [0.05, 0.1) is 4.47 Å². The highest BCUT2D eigenvalue weighted by Crippen LogP contribution is 2.29. The largest absolute Gasteiger partial charge is 0.327 e. The third-order valence-corrected chi connectivity index (χ3v) is 4.39. The molecule has 0 bridgehead atoms. The van der Waals surface area contributed by atoms with Crippen LogP contribution in [0.5, 0.6) is 0 Å². The van der Waals surface area contributed by atoms with Crippen molar-refractivity contribution in [1.82, 2.24) is 4.90 Å². The van der Waals surface area contributed by atoms with E-state index in [9.17, 15) is 4.39 Å². The fraction of sp³-hybridized carbons (Fsp3) is 0.571. The molecule has 1 aromatic rings. The van der Waals surface area contributed by atoms with Crippen LogP contribution in [0.2, 0.25) is 0 Å². The zero-order valence-electron chi connectivity index (χ0n) is 10.9. The minimum absolute atomic E-state index is 0.148. The Labute approximate surface area is 116 Å². The van der Waals surface area contributed by atoms with E-state index in [1.54, 1.807) is 0 Å². The Kier molecular flexibility index (Phi) is 4.09. The highest BCUT2D eigenvalue weighted by atomic mass is 79.9. The van der Waals surface area contributed by atoms with E-state index in [1.165, 1.54) is 6.07 Å². The van der Waals surface area contributed by atoms with Gasteiger partial charge in [0.2, 0.25) is 0 Å². The van der Waals surface area contributed by atoms with Crippen molar-refractivity contribution in [2.45, 2.75) is 32.9 Å².